The molecule has 0 bridgehead atoms. The van der Waals surface area contributed by atoms with E-state index in [2.05, 4.69) is 16.0 Å². The maximum atomic E-state index is 11.8. The average Bonchev–Trinajstić information content (AvgIpc) is 2.33. The molecule has 0 aliphatic carbocycles. The van der Waals surface area contributed by atoms with Crippen molar-refractivity contribution in [2.45, 2.75) is 13.0 Å². The van der Waals surface area contributed by atoms with E-state index in [9.17, 15) is 19.2 Å². The Morgan fingerprint density at radius 2 is 2.00 bits per heavy atom. The van der Waals surface area contributed by atoms with Crippen LogP contribution in [-0.2, 0) is 14.4 Å². The fraction of sp³-hybridized carbons (Fsp3) is 0.600. The van der Waals surface area contributed by atoms with Crippen LogP contribution in [0.15, 0.2) is 0 Å². The van der Waals surface area contributed by atoms with Crippen molar-refractivity contribution in [3.63, 3.8) is 0 Å². The SMILES string of the molecule is CC(=O)NCCNC(=O)N1CC(=O)NCC1C(=O)O. The molecule has 1 unspecified atom stereocenters. The minimum atomic E-state index is -1.18. The molecule has 1 fully saturated rings. The van der Waals surface area contributed by atoms with E-state index in [-0.39, 0.29) is 32.1 Å². The average molecular weight is 272 g/mol. The van der Waals surface area contributed by atoms with E-state index in [0.717, 1.165) is 4.90 Å². The van der Waals surface area contributed by atoms with Gasteiger partial charge in [0.1, 0.15) is 12.6 Å². The number of nitrogens with zero attached hydrogens (tertiary/aromatic N) is 1. The zero-order valence-corrected chi connectivity index (χ0v) is 10.4. The minimum Gasteiger partial charge on any atom is -0.480 e. The molecule has 0 aromatic rings. The number of hydrogen-bond donors (Lipinski definition) is 4. The lowest BCUT2D eigenvalue weighted by Gasteiger charge is -2.32. The van der Waals surface area contributed by atoms with Crippen molar-refractivity contribution in [1.29, 1.82) is 0 Å². The number of carbonyl (C=O) groups is 4. The lowest BCUT2D eigenvalue weighted by molar-refractivity contribution is -0.144. The van der Waals surface area contributed by atoms with Crippen LogP contribution in [0.4, 0.5) is 4.79 Å². The Morgan fingerprint density at radius 3 is 2.58 bits per heavy atom. The van der Waals surface area contributed by atoms with Gasteiger partial charge >= 0.3 is 12.0 Å². The van der Waals surface area contributed by atoms with Gasteiger partial charge in [0.15, 0.2) is 0 Å². The molecule has 0 saturated carbocycles. The van der Waals surface area contributed by atoms with Gasteiger partial charge in [-0.25, -0.2) is 9.59 Å². The summed E-state index contributed by atoms with van der Waals surface area (Å²) in [6.45, 7) is 1.31. The van der Waals surface area contributed by atoms with Gasteiger partial charge in [-0.15, -0.1) is 0 Å². The van der Waals surface area contributed by atoms with Crippen molar-refractivity contribution in [1.82, 2.24) is 20.9 Å². The van der Waals surface area contributed by atoms with Crippen molar-refractivity contribution in [2.24, 2.45) is 0 Å². The monoisotopic (exact) mass is 272 g/mol. The molecule has 1 saturated heterocycles. The summed E-state index contributed by atoms with van der Waals surface area (Å²) in [5.41, 5.74) is 0. The highest BCUT2D eigenvalue weighted by Crippen LogP contribution is 2.04. The van der Waals surface area contributed by atoms with Crippen molar-refractivity contribution in [2.75, 3.05) is 26.2 Å². The number of carboxylic acid groups (broad SMARTS) is 1. The zero-order valence-electron chi connectivity index (χ0n) is 10.4. The van der Waals surface area contributed by atoms with E-state index in [0.29, 0.717) is 0 Å². The van der Waals surface area contributed by atoms with Crippen LogP contribution in [-0.4, -0.2) is 66.0 Å². The molecule has 0 aromatic carbocycles. The molecule has 1 heterocycles. The molecule has 1 rings (SSSR count). The predicted molar refractivity (Wildman–Crippen MR) is 63.2 cm³/mol. The van der Waals surface area contributed by atoms with Crippen LogP contribution in [0.3, 0.4) is 0 Å². The maximum absolute atomic E-state index is 11.8. The Labute approximate surface area is 109 Å². The first-order valence-electron chi connectivity index (χ1n) is 5.70. The summed E-state index contributed by atoms with van der Waals surface area (Å²) < 4.78 is 0. The Hall–Kier alpha value is -2.32. The van der Waals surface area contributed by atoms with Crippen molar-refractivity contribution >= 4 is 23.8 Å². The lowest BCUT2D eigenvalue weighted by atomic mass is 10.2. The first-order chi connectivity index (χ1) is 8.91. The molecule has 0 spiro atoms. The molecule has 106 valence electrons. The smallest absolute Gasteiger partial charge is 0.328 e. The van der Waals surface area contributed by atoms with Crippen LogP contribution in [0, 0.1) is 0 Å². The summed E-state index contributed by atoms with van der Waals surface area (Å²) in [6, 6.07) is -1.73. The molecule has 9 nitrogen and oxygen atoms in total. The molecule has 0 radical (unpaired) electrons. The molecule has 1 aliphatic heterocycles. The third-order valence-corrected chi connectivity index (χ3v) is 2.50. The largest absolute Gasteiger partial charge is 0.480 e. The predicted octanol–water partition coefficient (Wildman–Crippen LogP) is -2.28. The van der Waals surface area contributed by atoms with Crippen molar-refractivity contribution in [3.05, 3.63) is 0 Å². The van der Waals surface area contributed by atoms with Gasteiger partial charge in [0.05, 0.1) is 0 Å². The summed E-state index contributed by atoms with van der Waals surface area (Å²) in [4.78, 5) is 45.5. The van der Waals surface area contributed by atoms with Gasteiger partial charge in [-0.1, -0.05) is 0 Å². The van der Waals surface area contributed by atoms with Crippen LogP contribution < -0.4 is 16.0 Å². The normalized spacial score (nSPS) is 18.5. The van der Waals surface area contributed by atoms with E-state index >= 15 is 0 Å². The number of carboxylic acids is 1. The number of carbonyl (C=O) groups excluding carboxylic acids is 3. The molecule has 19 heavy (non-hydrogen) atoms. The molecular weight excluding hydrogens is 256 g/mol. The number of aliphatic carboxylic acids is 1. The van der Waals surface area contributed by atoms with E-state index in [4.69, 9.17) is 5.11 Å². The van der Waals surface area contributed by atoms with E-state index in [1.807, 2.05) is 0 Å². The van der Waals surface area contributed by atoms with Gasteiger partial charge in [0, 0.05) is 26.6 Å². The van der Waals surface area contributed by atoms with Crippen molar-refractivity contribution < 1.29 is 24.3 Å². The first kappa shape index (κ1) is 14.7. The molecule has 9 heteroatoms. The van der Waals surface area contributed by atoms with Crippen LogP contribution in [0.1, 0.15) is 6.92 Å². The van der Waals surface area contributed by atoms with Crippen LogP contribution >= 0.6 is 0 Å². The van der Waals surface area contributed by atoms with Crippen LogP contribution in [0.2, 0.25) is 0 Å². The molecule has 0 aromatic heterocycles. The fourth-order valence-electron chi connectivity index (χ4n) is 1.58. The Balaban J connectivity index is 2.49. The highest BCUT2D eigenvalue weighted by molar-refractivity contribution is 5.90. The van der Waals surface area contributed by atoms with E-state index < -0.39 is 23.9 Å². The second kappa shape index (κ2) is 6.57. The lowest BCUT2D eigenvalue weighted by Crippen LogP contribution is -2.61. The Morgan fingerprint density at radius 1 is 1.37 bits per heavy atom. The second-order valence-corrected chi connectivity index (χ2v) is 4.00. The first-order valence-corrected chi connectivity index (χ1v) is 5.70. The Bertz CT molecular complexity index is 397. The van der Waals surface area contributed by atoms with Crippen molar-refractivity contribution in [3.8, 4) is 0 Å². The number of amides is 4. The van der Waals surface area contributed by atoms with Gasteiger partial charge in [-0.3, -0.25) is 14.5 Å². The molecule has 4 amide bonds. The summed E-state index contributed by atoms with van der Waals surface area (Å²) >= 11 is 0. The molecular formula is C10H16N4O5. The number of rotatable bonds is 4. The van der Waals surface area contributed by atoms with E-state index in [1.165, 1.54) is 6.92 Å². The van der Waals surface area contributed by atoms with Crippen LogP contribution in [0.25, 0.3) is 0 Å². The summed E-state index contributed by atoms with van der Waals surface area (Å²) in [5, 5.41) is 16.3. The summed E-state index contributed by atoms with van der Waals surface area (Å²) in [6.07, 6.45) is 0. The number of nitrogens with one attached hydrogen (secondary N) is 3. The summed E-state index contributed by atoms with van der Waals surface area (Å²) in [7, 11) is 0. The number of piperazine rings is 1. The quantitative estimate of drug-likeness (QED) is 0.429. The Kier molecular flexibility index (Phi) is 5.10. The van der Waals surface area contributed by atoms with E-state index in [1.54, 1.807) is 0 Å². The minimum absolute atomic E-state index is 0.118. The summed E-state index contributed by atoms with van der Waals surface area (Å²) in [5.74, 6) is -1.82. The highest BCUT2D eigenvalue weighted by Gasteiger charge is 2.34. The van der Waals surface area contributed by atoms with Crippen LogP contribution in [0.5, 0.6) is 0 Å². The third kappa shape index (κ3) is 4.45. The number of hydrogen-bond acceptors (Lipinski definition) is 4. The maximum Gasteiger partial charge on any atom is 0.328 e. The van der Waals surface area contributed by atoms with Gasteiger partial charge in [-0.05, 0) is 0 Å². The number of urea groups is 1. The molecule has 1 aliphatic rings. The standard InChI is InChI=1S/C10H16N4O5/c1-6(15)11-2-3-12-10(19)14-5-8(16)13-4-7(14)9(17)18/h7H,2-5H2,1H3,(H,11,15)(H,12,19)(H,13,16)(H,17,18). The molecule has 1 atom stereocenters. The second-order valence-electron chi connectivity index (χ2n) is 4.00. The molecule has 4 N–H and O–H groups in total. The fourth-order valence-corrected chi connectivity index (χ4v) is 1.58. The zero-order chi connectivity index (χ0) is 14.4. The van der Waals surface area contributed by atoms with Gasteiger partial charge in [-0.2, -0.15) is 0 Å². The van der Waals surface area contributed by atoms with Gasteiger partial charge < -0.3 is 21.1 Å². The van der Waals surface area contributed by atoms with Gasteiger partial charge in [0.25, 0.3) is 0 Å². The van der Waals surface area contributed by atoms with Gasteiger partial charge in [0.2, 0.25) is 11.8 Å². The topological polar surface area (TPSA) is 128 Å². The third-order valence-electron chi connectivity index (χ3n) is 2.50. The highest BCUT2D eigenvalue weighted by atomic mass is 16.4.